The summed E-state index contributed by atoms with van der Waals surface area (Å²) in [5, 5.41) is 6.62. The van der Waals surface area contributed by atoms with Crippen LogP contribution in [0.1, 0.15) is 6.92 Å². The zero-order chi connectivity index (χ0) is 22.7. The van der Waals surface area contributed by atoms with E-state index in [1.165, 1.54) is 23.5 Å². The van der Waals surface area contributed by atoms with Crippen LogP contribution in [0.4, 0.5) is 14.9 Å². The van der Waals surface area contributed by atoms with Gasteiger partial charge in [0, 0.05) is 16.6 Å². The molecule has 0 aliphatic heterocycles. The second kappa shape index (κ2) is 9.33. The molecular formula is C22H17FN4O3S2. The maximum Gasteiger partial charge on any atom is 0.325 e. The molecule has 1 unspecified atom stereocenters. The topological polar surface area (TPSA) is 104 Å². The molecule has 2 aromatic carbocycles. The smallest absolute Gasteiger partial charge is 0.308 e. The summed E-state index contributed by atoms with van der Waals surface area (Å²) in [7, 11) is 0. The van der Waals surface area contributed by atoms with Crippen LogP contribution in [0.25, 0.3) is 21.3 Å². The molecule has 3 N–H and O–H groups in total. The highest BCUT2D eigenvalue weighted by Gasteiger charge is 2.20. The van der Waals surface area contributed by atoms with Crippen LogP contribution in [0.3, 0.4) is 0 Å². The van der Waals surface area contributed by atoms with Crippen molar-refractivity contribution in [2.45, 2.75) is 17.3 Å². The molecule has 0 aliphatic carbocycles. The van der Waals surface area contributed by atoms with Crippen LogP contribution in [0.2, 0.25) is 0 Å². The summed E-state index contributed by atoms with van der Waals surface area (Å²) >= 11 is 2.32. The Morgan fingerprint density at radius 3 is 2.56 bits per heavy atom. The van der Waals surface area contributed by atoms with Crippen LogP contribution in [-0.4, -0.2) is 27.2 Å². The predicted molar refractivity (Wildman–Crippen MR) is 125 cm³/mol. The molecule has 0 aliphatic rings. The molecule has 32 heavy (non-hydrogen) atoms. The van der Waals surface area contributed by atoms with Crippen molar-refractivity contribution < 1.29 is 14.0 Å². The number of imide groups is 1. The number of para-hydroxylation sites is 1. The van der Waals surface area contributed by atoms with Gasteiger partial charge in [0.05, 0.1) is 10.6 Å². The average Bonchev–Trinajstić information content (AvgIpc) is 3.19. The van der Waals surface area contributed by atoms with Gasteiger partial charge in [0.1, 0.15) is 10.6 Å². The number of benzene rings is 2. The number of H-pyrrole nitrogens is 1. The van der Waals surface area contributed by atoms with E-state index in [4.69, 9.17) is 0 Å². The highest BCUT2D eigenvalue weighted by Crippen LogP contribution is 2.32. The molecule has 0 spiro atoms. The third-order valence-corrected chi connectivity index (χ3v) is 6.36. The fourth-order valence-electron chi connectivity index (χ4n) is 2.95. The molecule has 0 fully saturated rings. The van der Waals surface area contributed by atoms with Gasteiger partial charge in [0.25, 0.3) is 5.56 Å². The van der Waals surface area contributed by atoms with Crippen molar-refractivity contribution in [3.63, 3.8) is 0 Å². The summed E-state index contributed by atoms with van der Waals surface area (Å²) in [6.45, 7) is 1.61. The highest BCUT2D eigenvalue weighted by atomic mass is 32.2. The summed E-state index contributed by atoms with van der Waals surface area (Å²) in [5.74, 6) is -0.881. The molecule has 3 amide bonds. The van der Waals surface area contributed by atoms with Crippen molar-refractivity contribution in [2.75, 3.05) is 5.32 Å². The van der Waals surface area contributed by atoms with Gasteiger partial charge in [-0.2, -0.15) is 0 Å². The number of hydrogen-bond acceptors (Lipinski definition) is 6. The maximum atomic E-state index is 13.2. The molecule has 0 saturated carbocycles. The summed E-state index contributed by atoms with van der Waals surface area (Å²) in [6, 6.07) is 14.0. The Hall–Kier alpha value is -3.50. The van der Waals surface area contributed by atoms with Gasteiger partial charge in [-0.1, -0.05) is 42.1 Å². The number of carbonyl (C=O) groups is 2. The Morgan fingerprint density at radius 2 is 1.84 bits per heavy atom. The van der Waals surface area contributed by atoms with Gasteiger partial charge in [-0.05, 0) is 36.8 Å². The number of urea groups is 1. The Morgan fingerprint density at radius 1 is 1.12 bits per heavy atom. The van der Waals surface area contributed by atoms with Crippen LogP contribution in [0.5, 0.6) is 0 Å². The summed E-state index contributed by atoms with van der Waals surface area (Å²) in [5.41, 5.74) is 1.58. The minimum absolute atomic E-state index is 0.265. The maximum absolute atomic E-state index is 13.2. The number of thiophene rings is 1. The van der Waals surface area contributed by atoms with Crippen molar-refractivity contribution in [1.29, 1.82) is 0 Å². The first-order chi connectivity index (χ1) is 15.4. The minimum atomic E-state index is -0.686. The Kier molecular flexibility index (Phi) is 6.33. The first-order valence-corrected chi connectivity index (χ1v) is 11.3. The zero-order valence-electron chi connectivity index (χ0n) is 16.7. The molecule has 2 aromatic heterocycles. The largest absolute Gasteiger partial charge is 0.325 e. The van der Waals surface area contributed by atoms with E-state index in [0.29, 0.717) is 27.0 Å². The highest BCUT2D eigenvalue weighted by molar-refractivity contribution is 8.00. The quantitative estimate of drug-likeness (QED) is 0.293. The van der Waals surface area contributed by atoms with Crippen LogP contribution in [0.15, 0.2) is 69.9 Å². The molecule has 10 heteroatoms. The van der Waals surface area contributed by atoms with Gasteiger partial charge >= 0.3 is 6.03 Å². The Labute approximate surface area is 190 Å². The monoisotopic (exact) mass is 468 g/mol. The predicted octanol–water partition coefficient (Wildman–Crippen LogP) is 4.62. The first-order valence-electron chi connectivity index (χ1n) is 9.51. The fraction of sp³-hybridized carbons (Fsp3) is 0.0909. The van der Waals surface area contributed by atoms with Crippen molar-refractivity contribution in [3.8, 4) is 11.1 Å². The molecule has 0 radical (unpaired) electrons. The number of fused-ring (bicyclic) bond motifs is 1. The lowest BCUT2D eigenvalue weighted by Crippen LogP contribution is -2.39. The van der Waals surface area contributed by atoms with Gasteiger partial charge in [-0.25, -0.2) is 14.2 Å². The Balaban J connectivity index is 1.47. The SMILES string of the molecule is CC(Sc1nc2scc(-c3ccc(F)cc3)c2c(=O)[nH]1)C(=O)NC(=O)Nc1ccccc1. The van der Waals surface area contributed by atoms with Crippen molar-refractivity contribution in [3.05, 3.63) is 76.1 Å². The lowest BCUT2D eigenvalue weighted by molar-refractivity contribution is -0.119. The molecule has 4 aromatic rings. The number of nitrogens with zero attached hydrogens (tertiary/aromatic N) is 1. The number of carbonyl (C=O) groups excluding carboxylic acids is 2. The van der Waals surface area contributed by atoms with Crippen LogP contribution in [0, 0.1) is 5.82 Å². The van der Waals surface area contributed by atoms with E-state index in [1.54, 1.807) is 48.7 Å². The third-order valence-electron chi connectivity index (χ3n) is 4.50. The number of halogens is 1. The van der Waals surface area contributed by atoms with Crippen LogP contribution < -0.4 is 16.2 Å². The van der Waals surface area contributed by atoms with E-state index < -0.39 is 17.2 Å². The first kappa shape index (κ1) is 21.7. The van der Waals surface area contributed by atoms with Crippen molar-refractivity contribution >= 4 is 50.9 Å². The number of aromatic amines is 1. The summed E-state index contributed by atoms with van der Waals surface area (Å²) < 4.78 is 13.2. The number of amides is 3. The minimum Gasteiger partial charge on any atom is -0.308 e. The molecule has 0 saturated heterocycles. The van der Waals surface area contributed by atoms with Gasteiger partial charge in [0.15, 0.2) is 5.16 Å². The van der Waals surface area contributed by atoms with Gasteiger partial charge in [0.2, 0.25) is 5.91 Å². The van der Waals surface area contributed by atoms with E-state index in [9.17, 15) is 18.8 Å². The Bertz CT molecular complexity index is 1340. The standard InChI is InChI=1S/C22H17FN4O3S2/c1-12(18(28)25-21(30)24-15-5-3-2-4-6-15)32-22-26-19(29)17-16(11-31-20(17)27-22)13-7-9-14(23)10-8-13/h2-12H,1H3,(H,26,27,29)(H2,24,25,28,30). The number of nitrogens with one attached hydrogen (secondary N) is 3. The molecule has 7 nitrogen and oxygen atoms in total. The van der Waals surface area contributed by atoms with Crippen LogP contribution >= 0.6 is 23.1 Å². The second-order valence-corrected chi connectivity index (χ2v) is 8.96. The van der Waals surface area contributed by atoms with Crippen molar-refractivity contribution in [1.82, 2.24) is 15.3 Å². The second-order valence-electron chi connectivity index (χ2n) is 6.78. The number of thioether (sulfide) groups is 1. The fourth-order valence-corrected chi connectivity index (χ4v) is 4.75. The molecule has 162 valence electrons. The number of rotatable bonds is 5. The lowest BCUT2D eigenvalue weighted by atomic mass is 10.1. The van der Waals surface area contributed by atoms with Crippen LogP contribution in [-0.2, 0) is 4.79 Å². The average molecular weight is 469 g/mol. The zero-order valence-corrected chi connectivity index (χ0v) is 18.4. The number of hydrogen-bond donors (Lipinski definition) is 3. The summed E-state index contributed by atoms with van der Waals surface area (Å²) in [4.78, 5) is 44.7. The van der Waals surface area contributed by atoms with Gasteiger partial charge in [-0.15, -0.1) is 11.3 Å². The lowest BCUT2D eigenvalue weighted by Gasteiger charge is -2.11. The third kappa shape index (κ3) is 4.87. The molecule has 2 heterocycles. The molecule has 4 rings (SSSR count). The normalized spacial score (nSPS) is 11.8. The van der Waals surface area contributed by atoms with E-state index in [0.717, 1.165) is 11.8 Å². The molecule has 0 bridgehead atoms. The van der Waals surface area contributed by atoms with E-state index in [2.05, 4.69) is 20.6 Å². The summed E-state index contributed by atoms with van der Waals surface area (Å²) in [6.07, 6.45) is 0. The van der Waals surface area contributed by atoms with Crippen molar-refractivity contribution in [2.24, 2.45) is 0 Å². The van der Waals surface area contributed by atoms with E-state index in [-0.39, 0.29) is 16.5 Å². The molecular weight excluding hydrogens is 451 g/mol. The number of aromatic nitrogens is 2. The van der Waals surface area contributed by atoms with Gasteiger partial charge < -0.3 is 10.3 Å². The van der Waals surface area contributed by atoms with E-state index >= 15 is 0 Å². The van der Waals surface area contributed by atoms with E-state index in [1.807, 2.05) is 6.07 Å². The number of anilines is 1. The molecule has 1 atom stereocenters. The van der Waals surface area contributed by atoms with Gasteiger partial charge in [-0.3, -0.25) is 14.9 Å².